The SMILES string of the molecule is O=C(/C=C/C1CC1)Nc1cnns1. The molecule has 1 aromatic heterocycles. The van der Waals surface area contributed by atoms with Crippen molar-refractivity contribution in [3.05, 3.63) is 18.3 Å². The third-order valence-electron chi connectivity index (χ3n) is 1.75. The number of hydrogen-bond acceptors (Lipinski definition) is 4. The fraction of sp³-hybridized carbons (Fsp3) is 0.375. The zero-order chi connectivity index (χ0) is 9.10. The van der Waals surface area contributed by atoms with E-state index in [-0.39, 0.29) is 5.91 Å². The molecular weight excluding hydrogens is 186 g/mol. The molecule has 0 radical (unpaired) electrons. The number of carbonyl (C=O) groups is 1. The summed E-state index contributed by atoms with van der Waals surface area (Å²) >= 11 is 1.17. The molecule has 0 aliphatic heterocycles. The molecule has 1 aliphatic rings. The van der Waals surface area contributed by atoms with E-state index in [2.05, 4.69) is 14.9 Å². The lowest BCUT2D eigenvalue weighted by atomic mass is 10.3. The van der Waals surface area contributed by atoms with E-state index in [4.69, 9.17) is 0 Å². The summed E-state index contributed by atoms with van der Waals surface area (Å²) in [7, 11) is 0. The van der Waals surface area contributed by atoms with Gasteiger partial charge in [-0.05, 0) is 24.8 Å². The highest BCUT2D eigenvalue weighted by atomic mass is 32.1. The van der Waals surface area contributed by atoms with Crippen molar-refractivity contribution in [2.45, 2.75) is 12.8 Å². The Hall–Kier alpha value is -1.23. The predicted molar refractivity (Wildman–Crippen MR) is 50.4 cm³/mol. The fourth-order valence-corrected chi connectivity index (χ4v) is 1.32. The topological polar surface area (TPSA) is 54.9 Å². The molecule has 1 aromatic rings. The molecular formula is C8H9N3OS. The highest BCUT2D eigenvalue weighted by Crippen LogP contribution is 2.29. The summed E-state index contributed by atoms with van der Waals surface area (Å²) in [6.45, 7) is 0. The number of carbonyl (C=O) groups excluding carboxylic acids is 1. The normalized spacial score (nSPS) is 16.3. The summed E-state index contributed by atoms with van der Waals surface area (Å²) in [5, 5.41) is 6.97. The first-order chi connectivity index (χ1) is 6.34. The van der Waals surface area contributed by atoms with E-state index >= 15 is 0 Å². The van der Waals surface area contributed by atoms with Crippen LogP contribution in [0.5, 0.6) is 0 Å². The number of hydrogen-bond donors (Lipinski definition) is 1. The van der Waals surface area contributed by atoms with Crippen LogP contribution in [-0.4, -0.2) is 15.5 Å². The maximum atomic E-state index is 11.2. The van der Waals surface area contributed by atoms with Gasteiger partial charge in [-0.2, -0.15) is 0 Å². The van der Waals surface area contributed by atoms with Gasteiger partial charge in [-0.15, -0.1) is 5.10 Å². The Bertz CT molecular complexity index is 316. The van der Waals surface area contributed by atoms with E-state index in [1.54, 1.807) is 6.08 Å². The van der Waals surface area contributed by atoms with Crippen molar-refractivity contribution in [1.82, 2.24) is 9.59 Å². The molecule has 13 heavy (non-hydrogen) atoms. The Morgan fingerprint density at radius 2 is 2.54 bits per heavy atom. The molecule has 1 saturated carbocycles. The minimum absolute atomic E-state index is 0.0991. The Morgan fingerprint density at radius 3 is 3.15 bits per heavy atom. The molecule has 5 heteroatoms. The second kappa shape index (κ2) is 3.66. The number of nitrogens with zero attached hydrogens (tertiary/aromatic N) is 2. The van der Waals surface area contributed by atoms with E-state index in [1.165, 1.54) is 30.6 Å². The molecule has 1 heterocycles. The van der Waals surface area contributed by atoms with Crippen LogP contribution >= 0.6 is 11.5 Å². The molecule has 68 valence electrons. The molecule has 1 aliphatic carbocycles. The second-order valence-corrected chi connectivity index (χ2v) is 3.75. The molecule has 0 unspecified atom stereocenters. The molecule has 1 fully saturated rings. The summed E-state index contributed by atoms with van der Waals surface area (Å²) in [6.07, 6.45) is 7.49. The largest absolute Gasteiger partial charge is 0.311 e. The summed E-state index contributed by atoms with van der Waals surface area (Å²) in [4.78, 5) is 11.2. The lowest BCUT2D eigenvalue weighted by Crippen LogP contribution is -2.06. The van der Waals surface area contributed by atoms with Gasteiger partial charge < -0.3 is 5.32 Å². The molecule has 1 N–H and O–H groups in total. The van der Waals surface area contributed by atoms with Gasteiger partial charge >= 0.3 is 0 Å². The van der Waals surface area contributed by atoms with Crippen molar-refractivity contribution in [2.75, 3.05) is 5.32 Å². The van der Waals surface area contributed by atoms with Crippen LogP contribution in [0.25, 0.3) is 0 Å². The van der Waals surface area contributed by atoms with Crippen molar-refractivity contribution in [2.24, 2.45) is 5.92 Å². The van der Waals surface area contributed by atoms with Crippen LogP contribution < -0.4 is 5.32 Å². The maximum Gasteiger partial charge on any atom is 0.248 e. The molecule has 0 atom stereocenters. The van der Waals surface area contributed by atoms with Crippen molar-refractivity contribution in [3.8, 4) is 0 Å². The van der Waals surface area contributed by atoms with Gasteiger partial charge in [0.25, 0.3) is 0 Å². The minimum atomic E-state index is -0.0991. The summed E-state index contributed by atoms with van der Waals surface area (Å²) in [5.41, 5.74) is 0. The van der Waals surface area contributed by atoms with E-state index < -0.39 is 0 Å². The van der Waals surface area contributed by atoms with Crippen LogP contribution in [-0.2, 0) is 4.79 Å². The van der Waals surface area contributed by atoms with Crippen LogP contribution in [0.15, 0.2) is 18.3 Å². The number of nitrogens with one attached hydrogen (secondary N) is 1. The lowest BCUT2D eigenvalue weighted by Gasteiger charge is -1.93. The first-order valence-corrected chi connectivity index (χ1v) is 4.88. The molecule has 0 saturated heterocycles. The van der Waals surface area contributed by atoms with Crippen molar-refractivity contribution in [1.29, 1.82) is 0 Å². The fourth-order valence-electron chi connectivity index (χ4n) is 0.897. The monoisotopic (exact) mass is 195 g/mol. The molecule has 1 amide bonds. The van der Waals surface area contributed by atoms with Crippen LogP contribution in [0.3, 0.4) is 0 Å². The first kappa shape index (κ1) is 8.37. The van der Waals surface area contributed by atoms with Crippen LogP contribution in [0.2, 0.25) is 0 Å². The third kappa shape index (κ3) is 2.62. The van der Waals surface area contributed by atoms with Crippen LogP contribution in [0, 0.1) is 5.92 Å². The third-order valence-corrected chi connectivity index (χ3v) is 2.33. The van der Waals surface area contributed by atoms with Gasteiger partial charge in [0.05, 0.1) is 6.20 Å². The van der Waals surface area contributed by atoms with E-state index in [0.29, 0.717) is 10.9 Å². The van der Waals surface area contributed by atoms with Crippen LogP contribution in [0.1, 0.15) is 12.8 Å². The molecule has 0 aromatic carbocycles. The maximum absolute atomic E-state index is 11.2. The second-order valence-electron chi connectivity index (χ2n) is 2.97. The zero-order valence-corrected chi connectivity index (χ0v) is 7.75. The Morgan fingerprint density at radius 1 is 1.69 bits per heavy atom. The smallest absolute Gasteiger partial charge is 0.248 e. The summed E-state index contributed by atoms with van der Waals surface area (Å²) in [6, 6.07) is 0. The predicted octanol–water partition coefficient (Wildman–Crippen LogP) is 1.44. The van der Waals surface area contributed by atoms with E-state index in [9.17, 15) is 4.79 Å². The average molecular weight is 195 g/mol. The Labute approximate surface area is 79.8 Å². The number of amides is 1. The highest BCUT2D eigenvalue weighted by Gasteiger charge is 2.17. The Kier molecular flexibility index (Phi) is 2.35. The van der Waals surface area contributed by atoms with Crippen molar-refractivity contribution < 1.29 is 4.79 Å². The zero-order valence-electron chi connectivity index (χ0n) is 6.93. The van der Waals surface area contributed by atoms with Gasteiger partial charge in [0.1, 0.15) is 5.00 Å². The molecule has 0 spiro atoms. The highest BCUT2D eigenvalue weighted by molar-refractivity contribution is 7.10. The molecule has 0 bridgehead atoms. The summed E-state index contributed by atoms with van der Waals surface area (Å²) in [5.74, 6) is 0.531. The van der Waals surface area contributed by atoms with E-state index in [0.717, 1.165) is 0 Å². The van der Waals surface area contributed by atoms with Gasteiger partial charge in [-0.3, -0.25) is 4.79 Å². The average Bonchev–Trinajstić information content (AvgIpc) is 2.82. The van der Waals surface area contributed by atoms with Gasteiger partial charge in [-0.25, -0.2) is 0 Å². The van der Waals surface area contributed by atoms with E-state index in [1.807, 2.05) is 6.08 Å². The Balaban J connectivity index is 1.84. The molecule has 2 rings (SSSR count). The number of allylic oxidation sites excluding steroid dienone is 1. The van der Waals surface area contributed by atoms with Crippen LogP contribution in [0.4, 0.5) is 5.00 Å². The number of rotatable bonds is 3. The van der Waals surface area contributed by atoms with Gasteiger partial charge in [0.15, 0.2) is 0 Å². The minimum Gasteiger partial charge on any atom is -0.311 e. The van der Waals surface area contributed by atoms with Gasteiger partial charge in [0.2, 0.25) is 5.91 Å². The lowest BCUT2D eigenvalue weighted by molar-refractivity contribution is -0.111. The standard InChI is InChI=1S/C8H9N3OS/c12-7(4-3-6-1-2-6)10-8-5-9-11-13-8/h3-6H,1-2H2,(H,10,12)/b4-3+. The number of aromatic nitrogens is 2. The van der Waals surface area contributed by atoms with Crippen molar-refractivity contribution in [3.63, 3.8) is 0 Å². The van der Waals surface area contributed by atoms with Crippen molar-refractivity contribution >= 4 is 22.4 Å². The van der Waals surface area contributed by atoms with Gasteiger partial charge in [0, 0.05) is 11.5 Å². The number of anilines is 1. The quantitative estimate of drug-likeness (QED) is 0.742. The first-order valence-electron chi connectivity index (χ1n) is 4.11. The summed E-state index contributed by atoms with van der Waals surface area (Å²) < 4.78 is 3.64. The van der Waals surface area contributed by atoms with Gasteiger partial charge in [-0.1, -0.05) is 10.6 Å². The molecule has 4 nitrogen and oxygen atoms in total.